The van der Waals surface area contributed by atoms with Crippen LogP contribution in [0.25, 0.3) is 0 Å². The van der Waals surface area contributed by atoms with E-state index in [9.17, 15) is 0 Å². The van der Waals surface area contributed by atoms with Gasteiger partial charge in [0.25, 0.3) is 0 Å². The van der Waals surface area contributed by atoms with Gasteiger partial charge in [-0.1, -0.05) is 0 Å². The quantitative estimate of drug-likeness (QED) is 0.833. The van der Waals surface area contributed by atoms with Crippen LogP contribution < -0.4 is 5.32 Å². The number of nitrogens with zero attached hydrogens (tertiary/aromatic N) is 1. The molecule has 4 heteroatoms. The van der Waals surface area contributed by atoms with E-state index >= 15 is 0 Å². The van der Waals surface area contributed by atoms with Gasteiger partial charge in [0.15, 0.2) is 0 Å². The molecule has 0 radical (unpaired) electrons. The maximum Gasteiger partial charge on any atom is 0.140 e. The van der Waals surface area contributed by atoms with Crippen LogP contribution in [0.15, 0.2) is 22.8 Å². The molecule has 1 atom stereocenters. The average Bonchev–Trinajstić information content (AvgIpc) is 2.03. The van der Waals surface area contributed by atoms with Crippen LogP contribution in [0.4, 0.5) is 5.82 Å². The lowest BCUT2D eigenvalue weighted by Gasteiger charge is -2.07. The van der Waals surface area contributed by atoms with Crippen molar-refractivity contribution in [1.29, 1.82) is 0 Å². The molecule has 0 aliphatic rings. The molecule has 1 aromatic heterocycles. The van der Waals surface area contributed by atoms with Gasteiger partial charge in [0.05, 0.1) is 4.47 Å². The molecule has 0 saturated heterocycles. The Kier molecular flexibility index (Phi) is 3.82. The normalized spacial score (nSPS) is 12.6. The number of aromatic nitrogens is 1. The molecule has 0 aliphatic carbocycles. The van der Waals surface area contributed by atoms with Gasteiger partial charge in [0.1, 0.15) is 5.82 Å². The van der Waals surface area contributed by atoms with E-state index in [1.807, 2.05) is 19.1 Å². The minimum atomic E-state index is 0.110. The van der Waals surface area contributed by atoms with Crippen LogP contribution in [0.3, 0.4) is 0 Å². The first kappa shape index (κ1) is 9.81. The van der Waals surface area contributed by atoms with E-state index in [0.717, 1.165) is 16.8 Å². The lowest BCUT2D eigenvalue weighted by Crippen LogP contribution is -2.11. The second-order valence-electron chi connectivity index (χ2n) is 2.50. The first-order chi connectivity index (χ1) is 5.70. The molecular weight excluding hydrogens is 239 g/mol. The molecule has 1 aromatic rings. The van der Waals surface area contributed by atoms with Gasteiger partial charge in [0.2, 0.25) is 0 Å². The van der Waals surface area contributed by atoms with Crippen molar-refractivity contribution in [2.45, 2.75) is 12.3 Å². The summed E-state index contributed by atoms with van der Waals surface area (Å²) in [6, 6.07) is 3.81. The van der Waals surface area contributed by atoms with Gasteiger partial charge in [-0.05, 0) is 35.0 Å². The van der Waals surface area contributed by atoms with Crippen LogP contribution in [-0.2, 0) is 0 Å². The molecule has 66 valence electrons. The standard InChI is InChI=1S/C8H10BrClN2/c1-6(10)5-12-8-7(9)3-2-4-11-8/h2-4,6H,5H2,1H3,(H,11,12). The highest BCUT2D eigenvalue weighted by Crippen LogP contribution is 2.18. The van der Waals surface area contributed by atoms with Crippen LogP contribution in [0.2, 0.25) is 0 Å². The maximum atomic E-state index is 5.77. The predicted octanol–water partition coefficient (Wildman–Crippen LogP) is 2.88. The Hall–Kier alpha value is -0.280. The SMILES string of the molecule is CC(Cl)CNc1ncccc1Br. The van der Waals surface area contributed by atoms with E-state index < -0.39 is 0 Å². The molecule has 0 aliphatic heterocycles. The van der Waals surface area contributed by atoms with Crippen molar-refractivity contribution in [2.24, 2.45) is 0 Å². The zero-order valence-corrected chi connectivity index (χ0v) is 9.06. The van der Waals surface area contributed by atoms with Crippen LogP contribution in [0, 0.1) is 0 Å². The first-order valence-corrected chi connectivity index (χ1v) is 4.91. The Morgan fingerprint density at radius 3 is 3.08 bits per heavy atom. The fraction of sp³-hybridized carbons (Fsp3) is 0.375. The molecular formula is C8H10BrClN2. The highest BCUT2D eigenvalue weighted by atomic mass is 79.9. The Morgan fingerprint density at radius 1 is 1.75 bits per heavy atom. The smallest absolute Gasteiger partial charge is 0.140 e. The van der Waals surface area contributed by atoms with Crippen molar-refractivity contribution >= 4 is 33.3 Å². The number of rotatable bonds is 3. The summed E-state index contributed by atoms with van der Waals surface area (Å²) in [6.07, 6.45) is 1.74. The minimum absolute atomic E-state index is 0.110. The summed E-state index contributed by atoms with van der Waals surface area (Å²) in [5.74, 6) is 0.838. The summed E-state index contributed by atoms with van der Waals surface area (Å²) in [5, 5.41) is 3.23. The predicted molar refractivity (Wildman–Crippen MR) is 55.7 cm³/mol. The molecule has 0 aromatic carbocycles. The molecule has 1 heterocycles. The van der Waals surface area contributed by atoms with E-state index in [0.29, 0.717) is 0 Å². The van der Waals surface area contributed by atoms with Crippen molar-refractivity contribution in [3.8, 4) is 0 Å². The molecule has 0 saturated carbocycles. The summed E-state index contributed by atoms with van der Waals surface area (Å²) >= 11 is 9.15. The van der Waals surface area contributed by atoms with E-state index in [1.54, 1.807) is 6.20 Å². The number of hydrogen-bond acceptors (Lipinski definition) is 2. The fourth-order valence-corrected chi connectivity index (χ4v) is 1.23. The van der Waals surface area contributed by atoms with Crippen molar-refractivity contribution < 1.29 is 0 Å². The van der Waals surface area contributed by atoms with Gasteiger partial charge in [0, 0.05) is 18.1 Å². The number of anilines is 1. The molecule has 0 spiro atoms. The highest BCUT2D eigenvalue weighted by Gasteiger charge is 2.00. The highest BCUT2D eigenvalue weighted by molar-refractivity contribution is 9.10. The minimum Gasteiger partial charge on any atom is -0.368 e. The van der Waals surface area contributed by atoms with Gasteiger partial charge in [-0.3, -0.25) is 0 Å². The van der Waals surface area contributed by atoms with Crippen LogP contribution in [0.1, 0.15) is 6.92 Å². The first-order valence-electron chi connectivity index (χ1n) is 3.68. The van der Waals surface area contributed by atoms with E-state index in [-0.39, 0.29) is 5.38 Å². The van der Waals surface area contributed by atoms with Gasteiger partial charge < -0.3 is 5.32 Å². The Morgan fingerprint density at radius 2 is 2.50 bits per heavy atom. The van der Waals surface area contributed by atoms with Crippen molar-refractivity contribution in [3.63, 3.8) is 0 Å². The molecule has 1 N–H and O–H groups in total. The second kappa shape index (κ2) is 4.67. The van der Waals surface area contributed by atoms with Crippen LogP contribution in [0.5, 0.6) is 0 Å². The monoisotopic (exact) mass is 248 g/mol. The van der Waals surface area contributed by atoms with E-state index in [4.69, 9.17) is 11.6 Å². The van der Waals surface area contributed by atoms with Gasteiger partial charge in [-0.15, -0.1) is 11.6 Å². The third-order valence-corrected chi connectivity index (χ3v) is 2.10. The summed E-state index contributed by atoms with van der Waals surface area (Å²) in [7, 11) is 0. The Bertz CT molecular complexity index is 253. The van der Waals surface area contributed by atoms with Crippen molar-refractivity contribution in [1.82, 2.24) is 4.98 Å². The lowest BCUT2D eigenvalue weighted by atomic mass is 10.4. The third-order valence-electron chi connectivity index (χ3n) is 1.31. The van der Waals surface area contributed by atoms with Gasteiger partial charge in [-0.2, -0.15) is 0 Å². The van der Waals surface area contributed by atoms with Crippen molar-refractivity contribution in [3.05, 3.63) is 22.8 Å². The molecule has 0 bridgehead atoms. The Balaban J connectivity index is 2.57. The summed E-state index contributed by atoms with van der Waals surface area (Å²) in [6.45, 7) is 2.66. The molecule has 0 amide bonds. The summed E-state index contributed by atoms with van der Waals surface area (Å²) in [5.41, 5.74) is 0. The molecule has 1 rings (SSSR count). The lowest BCUT2D eigenvalue weighted by molar-refractivity contribution is 0.976. The third kappa shape index (κ3) is 2.99. The molecule has 1 unspecified atom stereocenters. The number of nitrogens with one attached hydrogen (secondary N) is 1. The molecule has 2 nitrogen and oxygen atoms in total. The van der Waals surface area contributed by atoms with Gasteiger partial charge >= 0.3 is 0 Å². The van der Waals surface area contributed by atoms with E-state index in [2.05, 4.69) is 26.2 Å². The van der Waals surface area contributed by atoms with Gasteiger partial charge in [-0.25, -0.2) is 4.98 Å². The fourth-order valence-electron chi connectivity index (χ4n) is 0.753. The number of alkyl halides is 1. The second-order valence-corrected chi connectivity index (χ2v) is 4.09. The zero-order valence-electron chi connectivity index (χ0n) is 6.72. The maximum absolute atomic E-state index is 5.77. The summed E-state index contributed by atoms with van der Waals surface area (Å²) in [4.78, 5) is 4.13. The number of halogens is 2. The topological polar surface area (TPSA) is 24.9 Å². The molecule has 0 fully saturated rings. The van der Waals surface area contributed by atoms with E-state index in [1.165, 1.54) is 0 Å². The largest absolute Gasteiger partial charge is 0.368 e. The number of hydrogen-bond donors (Lipinski definition) is 1. The number of pyridine rings is 1. The zero-order chi connectivity index (χ0) is 8.97. The summed E-state index contributed by atoms with van der Waals surface area (Å²) < 4.78 is 0.960. The Labute approximate surface area is 85.5 Å². The molecule has 12 heavy (non-hydrogen) atoms. The average molecular weight is 250 g/mol. The van der Waals surface area contributed by atoms with Crippen LogP contribution >= 0.6 is 27.5 Å². The van der Waals surface area contributed by atoms with Crippen LogP contribution in [-0.4, -0.2) is 16.9 Å². The van der Waals surface area contributed by atoms with Crippen molar-refractivity contribution in [2.75, 3.05) is 11.9 Å².